The van der Waals surface area contributed by atoms with Gasteiger partial charge >= 0.3 is 5.97 Å². The number of nitrogens with one attached hydrogen (secondary N) is 1. The smallest absolute Gasteiger partial charge is 0.326 e. The average Bonchev–Trinajstić information content (AvgIpc) is 3.10. The first-order chi connectivity index (χ1) is 12.1. The van der Waals surface area contributed by atoms with Crippen LogP contribution in [0.4, 0.5) is 0 Å². The van der Waals surface area contributed by atoms with Gasteiger partial charge in [-0.1, -0.05) is 31.2 Å². The van der Waals surface area contributed by atoms with Crippen molar-refractivity contribution < 1.29 is 19.1 Å². The second-order valence-electron chi connectivity index (χ2n) is 6.50. The van der Waals surface area contributed by atoms with E-state index in [0.717, 1.165) is 19.3 Å². The summed E-state index contributed by atoms with van der Waals surface area (Å²) >= 11 is 0. The third-order valence-electron chi connectivity index (χ3n) is 4.93. The Labute approximate surface area is 147 Å². The number of carboxylic acid groups (broad SMARTS) is 1. The standard InChI is InChI=1S/C20H23NO4/c1-2-18-16(10-11-25-18)19(22)21-17(20(23)24)12-14-8-5-7-13-6-3-4-9-15(13)14/h3-4,6,9-11,14,17H,2,5,7-8,12H2,1H3,(H,21,22)(H,23,24). The molecular weight excluding hydrogens is 318 g/mol. The molecule has 1 aliphatic rings. The lowest BCUT2D eigenvalue weighted by Gasteiger charge is -2.28. The Kier molecular flexibility index (Phi) is 5.22. The van der Waals surface area contributed by atoms with Crippen molar-refractivity contribution in [1.82, 2.24) is 5.32 Å². The molecule has 0 spiro atoms. The average molecular weight is 341 g/mol. The van der Waals surface area contributed by atoms with Crippen molar-refractivity contribution in [3.8, 4) is 0 Å². The highest BCUT2D eigenvalue weighted by atomic mass is 16.4. The first-order valence-electron chi connectivity index (χ1n) is 8.78. The summed E-state index contributed by atoms with van der Waals surface area (Å²) in [5, 5.41) is 12.3. The summed E-state index contributed by atoms with van der Waals surface area (Å²) in [6.45, 7) is 1.89. The van der Waals surface area contributed by atoms with E-state index in [1.54, 1.807) is 6.07 Å². The van der Waals surface area contributed by atoms with Gasteiger partial charge in [0.05, 0.1) is 11.8 Å². The lowest BCUT2D eigenvalue weighted by molar-refractivity contribution is -0.139. The van der Waals surface area contributed by atoms with E-state index in [-0.39, 0.29) is 11.8 Å². The van der Waals surface area contributed by atoms with Crippen molar-refractivity contribution >= 4 is 11.9 Å². The highest BCUT2D eigenvalue weighted by Crippen LogP contribution is 2.34. The van der Waals surface area contributed by atoms with Crippen LogP contribution in [0, 0.1) is 0 Å². The van der Waals surface area contributed by atoms with Crippen molar-refractivity contribution in [1.29, 1.82) is 0 Å². The zero-order chi connectivity index (χ0) is 17.8. The zero-order valence-corrected chi connectivity index (χ0v) is 14.3. The van der Waals surface area contributed by atoms with Crippen LogP contribution in [0.15, 0.2) is 41.0 Å². The molecule has 0 radical (unpaired) electrons. The fourth-order valence-electron chi connectivity index (χ4n) is 3.66. The van der Waals surface area contributed by atoms with Gasteiger partial charge in [-0.15, -0.1) is 0 Å². The van der Waals surface area contributed by atoms with Crippen LogP contribution in [0.3, 0.4) is 0 Å². The molecular formula is C20H23NO4. The Balaban J connectivity index is 1.75. The first kappa shape index (κ1) is 17.3. The number of fused-ring (bicyclic) bond motifs is 1. The summed E-state index contributed by atoms with van der Waals surface area (Å²) in [5.74, 6) is -0.661. The maximum absolute atomic E-state index is 12.5. The third-order valence-corrected chi connectivity index (χ3v) is 4.93. The van der Waals surface area contributed by atoms with E-state index >= 15 is 0 Å². The van der Waals surface area contributed by atoms with Crippen LogP contribution < -0.4 is 5.32 Å². The Morgan fingerprint density at radius 3 is 2.88 bits per heavy atom. The van der Waals surface area contributed by atoms with Crippen molar-refractivity contribution in [2.75, 3.05) is 0 Å². The summed E-state index contributed by atoms with van der Waals surface area (Å²) in [6, 6.07) is 8.86. The number of aryl methyl sites for hydroxylation is 2. The summed E-state index contributed by atoms with van der Waals surface area (Å²) in [4.78, 5) is 24.2. The molecule has 1 aromatic carbocycles. The van der Waals surface area contributed by atoms with Gasteiger partial charge in [0.1, 0.15) is 11.8 Å². The largest absolute Gasteiger partial charge is 0.480 e. The molecule has 132 valence electrons. The molecule has 1 aromatic heterocycles. The van der Waals surface area contributed by atoms with Crippen LogP contribution in [0.1, 0.15) is 59.3 Å². The van der Waals surface area contributed by atoms with Crippen LogP contribution >= 0.6 is 0 Å². The molecule has 0 saturated heterocycles. The minimum Gasteiger partial charge on any atom is -0.480 e. The van der Waals surface area contributed by atoms with Crippen LogP contribution in [0.25, 0.3) is 0 Å². The number of rotatable bonds is 6. The second-order valence-corrected chi connectivity index (χ2v) is 6.50. The molecule has 0 fully saturated rings. The van der Waals surface area contributed by atoms with Gasteiger partial charge in [-0.05, 0) is 48.8 Å². The SMILES string of the molecule is CCc1occc1C(=O)NC(CC1CCCc2ccccc21)C(=O)O. The highest BCUT2D eigenvalue weighted by Gasteiger charge is 2.29. The Morgan fingerprint density at radius 2 is 2.12 bits per heavy atom. The number of carboxylic acids is 1. The predicted molar refractivity (Wildman–Crippen MR) is 93.7 cm³/mol. The fourth-order valence-corrected chi connectivity index (χ4v) is 3.66. The van der Waals surface area contributed by atoms with Crippen molar-refractivity contribution in [3.63, 3.8) is 0 Å². The van der Waals surface area contributed by atoms with E-state index in [4.69, 9.17) is 4.42 Å². The van der Waals surface area contributed by atoms with Gasteiger partial charge < -0.3 is 14.8 Å². The molecule has 1 amide bonds. The van der Waals surface area contributed by atoms with Gasteiger partial charge in [0, 0.05) is 6.42 Å². The highest BCUT2D eigenvalue weighted by molar-refractivity contribution is 5.97. The van der Waals surface area contributed by atoms with Gasteiger partial charge in [0.25, 0.3) is 5.91 Å². The lowest BCUT2D eigenvalue weighted by atomic mass is 9.79. The predicted octanol–water partition coefficient (Wildman–Crippen LogP) is 3.54. The maximum Gasteiger partial charge on any atom is 0.326 e. The summed E-state index contributed by atoms with van der Waals surface area (Å²) in [5.41, 5.74) is 2.92. The van der Waals surface area contributed by atoms with Crippen LogP contribution in [-0.4, -0.2) is 23.0 Å². The number of carbonyl (C=O) groups is 2. The van der Waals surface area contributed by atoms with E-state index in [1.807, 2.05) is 19.1 Å². The quantitative estimate of drug-likeness (QED) is 0.842. The van der Waals surface area contributed by atoms with Gasteiger partial charge in [-0.3, -0.25) is 4.79 Å². The molecule has 0 bridgehead atoms. The number of hydrogen-bond donors (Lipinski definition) is 2. The molecule has 5 heteroatoms. The molecule has 2 N–H and O–H groups in total. The van der Waals surface area contributed by atoms with Gasteiger partial charge in [-0.2, -0.15) is 0 Å². The fraction of sp³-hybridized carbons (Fsp3) is 0.400. The molecule has 3 rings (SSSR count). The van der Waals surface area contributed by atoms with Crippen LogP contribution in [0.5, 0.6) is 0 Å². The van der Waals surface area contributed by atoms with Gasteiger partial charge in [0.2, 0.25) is 0 Å². The second kappa shape index (κ2) is 7.55. The first-order valence-corrected chi connectivity index (χ1v) is 8.78. The molecule has 25 heavy (non-hydrogen) atoms. The maximum atomic E-state index is 12.5. The van der Waals surface area contributed by atoms with Crippen molar-refractivity contribution in [2.24, 2.45) is 0 Å². The number of aliphatic carboxylic acids is 1. The van der Waals surface area contributed by atoms with E-state index < -0.39 is 12.0 Å². The van der Waals surface area contributed by atoms with E-state index in [0.29, 0.717) is 24.2 Å². The molecule has 1 aliphatic carbocycles. The molecule has 0 aliphatic heterocycles. The number of benzene rings is 1. The van der Waals surface area contributed by atoms with E-state index in [9.17, 15) is 14.7 Å². The molecule has 5 nitrogen and oxygen atoms in total. The van der Waals surface area contributed by atoms with Gasteiger partial charge in [-0.25, -0.2) is 4.79 Å². The van der Waals surface area contributed by atoms with Crippen molar-refractivity contribution in [2.45, 2.75) is 51.0 Å². The Morgan fingerprint density at radius 1 is 1.32 bits per heavy atom. The van der Waals surface area contributed by atoms with Gasteiger partial charge in [0.15, 0.2) is 0 Å². The topological polar surface area (TPSA) is 79.5 Å². The normalized spacial score (nSPS) is 17.6. The molecule has 2 unspecified atom stereocenters. The molecule has 0 saturated carbocycles. The number of furan rings is 1. The third kappa shape index (κ3) is 3.76. The molecule has 2 atom stereocenters. The van der Waals surface area contributed by atoms with E-state index in [2.05, 4.69) is 17.4 Å². The Bertz CT molecular complexity index is 765. The zero-order valence-electron chi connectivity index (χ0n) is 14.3. The number of amides is 1. The van der Waals surface area contributed by atoms with Crippen LogP contribution in [0.2, 0.25) is 0 Å². The van der Waals surface area contributed by atoms with E-state index in [1.165, 1.54) is 17.4 Å². The minimum absolute atomic E-state index is 0.154. The summed E-state index contributed by atoms with van der Waals surface area (Å²) in [7, 11) is 0. The van der Waals surface area contributed by atoms with Crippen LogP contribution in [-0.2, 0) is 17.6 Å². The monoisotopic (exact) mass is 341 g/mol. The molecule has 2 aromatic rings. The number of hydrogen-bond acceptors (Lipinski definition) is 3. The summed E-state index contributed by atoms with van der Waals surface area (Å²) in [6.07, 6.45) is 5.47. The Hall–Kier alpha value is -2.56. The van der Waals surface area contributed by atoms with Crippen molar-refractivity contribution in [3.05, 3.63) is 59.0 Å². The minimum atomic E-state index is -1.00. The lowest BCUT2D eigenvalue weighted by Crippen LogP contribution is -2.42. The number of carbonyl (C=O) groups excluding carboxylic acids is 1. The molecule has 1 heterocycles. The summed E-state index contributed by atoms with van der Waals surface area (Å²) < 4.78 is 5.27.